The Morgan fingerprint density at radius 1 is 1.00 bits per heavy atom. The molecule has 0 spiro atoms. The van der Waals surface area contributed by atoms with Gasteiger partial charge in [-0.2, -0.15) is 0 Å². The van der Waals surface area contributed by atoms with Crippen molar-refractivity contribution in [3.05, 3.63) is 47.5 Å². The van der Waals surface area contributed by atoms with Gasteiger partial charge in [-0.3, -0.25) is 4.79 Å². The first kappa shape index (κ1) is 15.5. The molecule has 0 unspecified atom stereocenters. The highest BCUT2D eigenvalue weighted by Gasteiger charge is 2.10. The molecule has 6 nitrogen and oxygen atoms in total. The molecule has 0 radical (unpaired) electrons. The van der Waals surface area contributed by atoms with E-state index in [-0.39, 0.29) is 29.7 Å². The molecule has 1 amide bonds. The lowest BCUT2D eigenvalue weighted by Crippen LogP contribution is -2.22. The summed E-state index contributed by atoms with van der Waals surface area (Å²) in [6, 6.07) is 9.24. The maximum Gasteiger partial charge on any atom is 0.251 e. The third kappa shape index (κ3) is 3.41. The van der Waals surface area contributed by atoms with Gasteiger partial charge in [0.05, 0.1) is 14.2 Å². The second kappa shape index (κ2) is 6.71. The molecule has 0 saturated carbocycles. The summed E-state index contributed by atoms with van der Waals surface area (Å²) in [6.07, 6.45) is 0. The number of phenolic OH excluding ortho intramolecular Hbond substituents is 2. The summed E-state index contributed by atoms with van der Waals surface area (Å²) in [6.45, 7) is 0.250. The lowest BCUT2D eigenvalue weighted by Gasteiger charge is -2.09. The third-order valence-electron chi connectivity index (χ3n) is 3.14. The maximum absolute atomic E-state index is 12.1. The minimum atomic E-state index is -0.311. The quantitative estimate of drug-likeness (QED) is 0.787. The molecule has 2 aromatic carbocycles. The molecule has 3 N–H and O–H groups in total. The average molecular weight is 303 g/mol. The molecular formula is C16H17NO5. The molecule has 0 aliphatic heterocycles. The zero-order chi connectivity index (χ0) is 16.1. The van der Waals surface area contributed by atoms with E-state index in [9.17, 15) is 15.0 Å². The van der Waals surface area contributed by atoms with Crippen molar-refractivity contribution in [2.45, 2.75) is 6.54 Å². The molecule has 2 rings (SSSR count). The lowest BCUT2D eigenvalue weighted by molar-refractivity contribution is 0.0950. The summed E-state index contributed by atoms with van der Waals surface area (Å²) in [5.41, 5.74) is 1.10. The second-order valence-electron chi connectivity index (χ2n) is 4.58. The molecule has 6 heteroatoms. The van der Waals surface area contributed by atoms with E-state index in [0.717, 1.165) is 5.56 Å². The van der Waals surface area contributed by atoms with Crippen molar-refractivity contribution < 1.29 is 24.5 Å². The van der Waals surface area contributed by atoms with Crippen LogP contribution in [-0.4, -0.2) is 30.3 Å². The van der Waals surface area contributed by atoms with Gasteiger partial charge in [-0.1, -0.05) is 6.07 Å². The van der Waals surface area contributed by atoms with E-state index in [0.29, 0.717) is 11.3 Å². The van der Waals surface area contributed by atoms with Gasteiger partial charge in [-0.15, -0.1) is 0 Å². The molecule has 0 bridgehead atoms. The number of phenols is 2. The van der Waals surface area contributed by atoms with Gasteiger partial charge in [0.1, 0.15) is 0 Å². The van der Waals surface area contributed by atoms with Crippen molar-refractivity contribution in [3.63, 3.8) is 0 Å². The van der Waals surface area contributed by atoms with Crippen LogP contribution in [-0.2, 0) is 6.54 Å². The highest BCUT2D eigenvalue weighted by atomic mass is 16.5. The highest BCUT2D eigenvalue weighted by Crippen LogP contribution is 2.27. The van der Waals surface area contributed by atoms with Crippen LogP contribution in [0.3, 0.4) is 0 Å². The number of methoxy groups -OCH3 is 2. The van der Waals surface area contributed by atoms with Gasteiger partial charge in [0.2, 0.25) is 0 Å². The number of benzene rings is 2. The van der Waals surface area contributed by atoms with Crippen molar-refractivity contribution in [2.75, 3.05) is 14.2 Å². The first-order valence-electron chi connectivity index (χ1n) is 6.56. The van der Waals surface area contributed by atoms with Crippen molar-refractivity contribution in [3.8, 4) is 23.0 Å². The molecule has 0 heterocycles. The van der Waals surface area contributed by atoms with Crippen molar-refractivity contribution in [2.24, 2.45) is 0 Å². The highest BCUT2D eigenvalue weighted by molar-refractivity contribution is 5.94. The summed E-state index contributed by atoms with van der Waals surface area (Å²) in [4.78, 5) is 12.1. The first-order valence-corrected chi connectivity index (χ1v) is 6.56. The molecule has 2 aromatic rings. The second-order valence-corrected chi connectivity index (χ2v) is 4.58. The van der Waals surface area contributed by atoms with Crippen LogP contribution in [0.4, 0.5) is 0 Å². The number of hydrogen-bond donors (Lipinski definition) is 3. The topological polar surface area (TPSA) is 88.0 Å². The standard InChI is InChI=1S/C16H17NO5/c1-21-14-6-3-10(7-13(14)19)9-17-16(20)11-4-5-12(18)15(8-11)22-2/h3-8,18-19H,9H2,1-2H3,(H,17,20). The van der Waals surface area contributed by atoms with Gasteiger partial charge < -0.3 is 25.0 Å². The van der Waals surface area contributed by atoms with Crippen LogP contribution in [0.5, 0.6) is 23.0 Å². The molecule has 0 saturated heterocycles. The Hall–Kier alpha value is -2.89. The van der Waals surface area contributed by atoms with Crippen LogP contribution < -0.4 is 14.8 Å². The lowest BCUT2D eigenvalue weighted by atomic mass is 10.1. The monoisotopic (exact) mass is 303 g/mol. The number of rotatable bonds is 5. The SMILES string of the molecule is COc1ccc(CNC(=O)c2ccc(O)c(OC)c2)cc1O. The Labute approximate surface area is 127 Å². The first-order chi connectivity index (χ1) is 10.5. The number of hydrogen-bond acceptors (Lipinski definition) is 5. The van der Waals surface area contributed by atoms with Gasteiger partial charge in [0.15, 0.2) is 23.0 Å². The summed E-state index contributed by atoms with van der Waals surface area (Å²) in [5, 5.41) is 21.9. The molecule has 116 valence electrons. The fraction of sp³-hybridized carbons (Fsp3) is 0.188. The normalized spacial score (nSPS) is 10.1. The van der Waals surface area contributed by atoms with Gasteiger partial charge in [0, 0.05) is 12.1 Å². The van der Waals surface area contributed by atoms with E-state index in [1.807, 2.05) is 0 Å². The molecule has 0 atom stereocenters. The summed E-state index contributed by atoms with van der Waals surface area (Å²) >= 11 is 0. The van der Waals surface area contributed by atoms with Crippen molar-refractivity contribution in [1.29, 1.82) is 0 Å². The van der Waals surface area contributed by atoms with Gasteiger partial charge >= 0.3 is 0 Å². The Balaban J connectivity index is 2.05. The van der Waals surface area contributed by atoms with Crippen molar-refractivity contribution in [1.82, 2.24) is 5.32 Å². The Kier molecular flexibility index (Phi) is 4.73. The smallest absolute Gasteiger partial charge is 0.251 e. The van der Waals surface area contributed by atoms with E-state index >= 15 is 0 Å². The largest absolute Gasteiger partial charge is 0.504 e. The Morgan fingerprint density at radius 3 is 2.36 bits per heavy atom. The predicted molar refractivity (Wildman–Crippen MR) is 80.5 cm³/mol. The van der Waals surface area contributed by atoms with Crippen LogP contribution in [0, 0.1) is 0 Å². The number of aromatic hydroxyl groups is 2. The van der Waals surface area contributed by atoms with Crippen LogP contribution in [0.2, 0.25) is 0 Å². The summed E-state index contributed by atoms with van der Waals surface area (Å²) < 4.78 is 9.92. The van der Waals surface area contributed by atoms with Gasteiger partial charge in [-0.25, -0.2) is 0 Å². The minimum Gasteiger partial charge on any atom is -0.504 e. The average Bonchev–Trinajstić information content (AvgIpc) is 2.53. The van der Waals surface area contributed by atoms with E-state index in [4.69, 9.17) is 9.47 Å². The van der Waals surface area contributed by atoms with Gasteiger partial charge in [0.25, 0.3) is 5.91 Å². The van der Waals surface area contributed by atoms with Crippen LogP contribution in [0.15, 0.2) is 36.4 Å². The number of carbonyl (C=O) groups excluding carboxylic acids is 1. The Bertz CT molecular complexity index is 684. The predicted octanol–water partition coefficient (Wildman–Crippen LogP) is 2.05. The van der Waals surface area contributed by atoms with Crippen LogP contribution >= 0.6 is 0 Å². The van der Waals surface area contributed by atoms with E-state index in [2.05, 4.69) is 5.32 Å². The van der Waals surface area contributed by atoms with Gasteiger partial charge in [-0.05, 0) is 35.9 Å². The Morgan fingerprint density at radius 2 is 1.73 bits per heavy atom. The number of carbonyl (C=O) groups is 1. The third-order valence-corrected chi connectivity index (χ3v) is 3.14. The number of ether oxygens (including phenoxy) is 2. The zero-order valence-electron chi connectivity index (χ0n) is 12.3. The molecule has 22 heavy (non-hydrogen) atoms. The molecular weight excluding hydrogens is 286 g/mol. The van der Waals surface area contributed by atoms with E-state index < -0.39 is 0 Å². The van der Waals surface area contributed by atoms with E-state index in [1.54, 1.807) is 12.1 Å². The minimum absolute atomic E-state index is 0.0144. The summed E-state index contributed by atoms with van der Waals surface area (Å²) in [7, 11) is 2.88. The summed E-state index contributed by atoms with van der Waals surface area (Å²) in [5.74, 6) is 0.279. The van der Waals surface area contributed by atoms with E-state index in [1.165, 1.54) is 38.5 Å². The fourth-order valence-electron chi connectivity index (χ4n) is 1.95. The molecule has 0 aliphatic carbocycles. The van der Waals surface area contributed by atoms with Crippen molar-refractivity contribution >= 4 is 5.91 Å². The maximum atomic E-state index is 12.1. The molecule has 0 aromatic heterocycles. The molecule has 0 fully saturated rings. The van der Waals surface area contributed by atoms with Crippen LogP contribution in [0.25, 0.3) is 0 Å². The zero-order valence-corrected chi connectivity index (χ0v) is 12.3. The molecule has 0 aliphatic rings. The number of amides is 1. The fourth-order valence-corrected chi connectivity index (χ4v) is 1.95. The number of nitrogens with one attached hydrogen (secondary N) is 1. The van der Waals surface area contributed by atoms with Crippen LogP contribution in [0.1, 0.15) is 15.9 Å².